The lowest BCUT2D eigenvalue weighted by Gasteiger charge is -2.31. The Balaban J connectivity index is 0.00000304. The molecule has 2 heterocycles. The van der Waals surface area contributed by atoms with Gasteiger partial charge in [0.05, 0.1) is 11.6 Å². The van der Waals surface area contributed by atoms with Crippen LogP contribution in [-0.4, -0.2) is 44.7 Å². The molecule has 1 aliphatic heterocycles. The molecule has 2 fully saturated rings. The van der Waals surface area contributed by atoms with Crippen LogP contribution in [0.15, 0.2) is 48.6 Å². The number of likely N-dealkylation sites (tertiary alicyclic amines) is 1. The van der Waals surface area contributed by atoms with E-state index in [1.807, 2.05) is 33.9 Å². The van der Waals surface area contributed by atoms with Gasteiger partial charge in [-0.15, -0.1) is 5.10 Å². The molecule has 184 valence electrons. The molecule has 3 aromatic rings. The highest BCUT2D eigenvalue weighted by molar-refractivity contribution is 5.99. The van der Waals surface area contributed by atoms with Crippen LogP contribution in [0.4, 0.5) is 4.39 Å². The molecule has 1 amide bonds. The normalized spacial score (nSPS) is 17.4. The van der Waals surface area contributed by atoms with E-state index in [9.17, 15) is 14.0 Å². The lowest BCUT2D eigenvalue weighted by Crippen LogP contribution is -2.38. The van der Waals surface area contributed by atoms with Crippen LogP contribution in [-0.2, 0) is 4.79 Å². The molecule has 1 saturated heterocycles. The van der Waals surface area contributed by atoms with E-state index in [1.54, 1.807) is 18.2 Å². The summed E-state index contributed by atoms with van der Waals surface area (Å²) in [6.07, 6.45) is 7.04. The zero-order chi connectivity index (χ0) is 24.7. The number of piperidine rings is 1. The summed E-state index contributed by atoms with van der Waals surface area (Å²) in [6, 6.07) is 10.5. The van der Waals surface area contributed by atoms with Gasteiger partial charge in [-0.1, -0.05) is 50.3 Å². The van der Waals surface area contributed by atoms with Crippen molar-refractivity contribution in [3.8, 4) is 11.1 Å². The molecule has 5 rings (SSSR count). The van der Waals surface area contributed by atoms with Crippen molar-refractivity contribution in [2.75, 3.05) is 13.1 Å². The fourth-order valence-electron chi connectivity index (χ4n) is 4.62. The van der Waals surface area contributed by atoms with Crippen molar-refractivity contribution in [2.24, 2.45) is 11.3 Å². The summed E-state index contributed by atoms with van der Waals surface area (Å²) in [5.74, 6) is -0.248. The van der Waals surface area contributed by atoms with Gasteiger partial charge in [-0.3, -0.25) is 9.59 Å². The van der Waals surface area contributed by atoms with E-state index in [-0.39, 0.29) is 30.5 Å². The SMILES string of the molecule is CC(C)(C)/C=C\C(=O)N1CCC(n2nnc3cc(-c4ccc(C(=O)C5CC5)cc4F)ccc32)CC1.[HH]. The predicted molar refractivity (Wildman–Crippen MR) is 136 cm³/mol. The van der Waals surface area contributed by atoms with E-state index in [0.717, 1.165) is 31.2 Å². The van der Waals surface area contributed by atoms with Crippen molar-refractivity contribution in [3.05, 3.63) is 59.9 Å². The molecule has 0 bridgehead atoms. The average molecular weight is 477 g/mol. The van der Waals surface area contributed by atoms with Gasteiger partial charge in [0.1, 0.15) is 11.3 Å². The van der Waals surface area contributed by atoms with Crippen LogP contribution in [0.5, 0.6) is 0 Å². The van der Waals surface area contributed by atoms with Crippen LogP contribution in [0.3, 0.4) is 0 Å². The zero-order valence-corrected chi connectivity index (χ0v) is 20.5. The Hall–Kier alpha value is -3.35. The monoisotopic (exact) mass is 476 g/mol. The third kappa shape index (κ3) is 5.04. The van der Waals surface area contributed by atoms with Crippen molar-refractivity contribution in [1.29, 1.82) is 0 Å². The lowest BCUT2D eigenvalue weighted by molar-refractivity contribution is -0.127. The molecular weight excluding hydrogens is 443 g/mol. The average Bonchev–Trinajstić information content (AvgIpc) is 3.60. The summed E-state index contributed by atoms with van der Waals surface area (Å²) in [7, 11) is 0. The second-order valence-corrected chi connectivity index (χ2v) is 10.8. The molecule has 2 aliphatic rings. The van der Waals surface area contributed by atoms with E-state index < -0.39 is 5.82 Å². The molecule has 0 N–H and O–H groups in total. The maximum Gasteiger partial charge on any atom is 0.246 e. The van der Waals surface area contributed by atoms with Gasteiger partial charge in [-0.2, -0.15) is 0 Å². The highest BCUT2D eigenvalue weighted by Crippen LogP contribution is 2.34. The minimum absolute atomic E-state index is 0. The Morgan fingerprint density at radius 2 is 1.80 bits per heavy atom. The molecular formula is C28H33FN4O2. The minimum atomic E-state index is -0.402. The fraction of sp³-hybridized carbons (Fsp3) is 0.429. The second kappa shape index (κ2) is 9.02. The lowest BCUT2D eigenvalue weighted by atomic mass is 9.96. The Morgan fingerprint density at radius 1 is 1.06 bits per heavy atom. The first-order chi connectivity index (χ1) is 16.7. The van der Waals surface area contributed by atoms with E-state index in [2.05, 4.69) is 31.1 Å². The zero-order valence-electron chi connectivity index (χ0n) is 20.5. The molecule has 1 aromatic heterocycles. The van der Waals surface area contributed by atoms with Gasteiger partial charge >= 0.3 is 0 Å². The number of rotatable bonds is 5. The first-order valence-electron chi connectivity index (χ1n) is 12.4. The largest absolute Gasteiger partial charge is 0.339 e. The second-order valence-electron chi connectivity index (χ2n) is 10.8. The number of allylic oxidation sites excluding steroid dienone is 1. The number of benzene rings is 2. The maximum absolute atomic E-state index is 14.9. The van der Waals surface area contributed by atoms with Gasteiger partial charge in [0.15, 0.2) is 5.78 Å². The summed E-state index contributed by atoms with van der Waals surface area (Å²) in [4.78, 5) is 26.6. The first kappa shape index (κ1) is 23.4. The van der Waals surface area contributed by atoms with Gasteiger partial charge in [0.2, 0.25) is 5.91 Å². The van der Waals surface area contributed by atoms with Crippen LogP contribution in [0.2, 0.25) is 0 Å². The minimum Gasteiger partial charge on any atom is -0.339 e. The Labute approximate surface area is 206 Å². The number of hydrogen-bond donors (Lipinski definition) is 0. The Morgan fingerprint density at radius 3 is 2.46 bits per heavy atom. The van der Waals surface area contributed by atoms with Crippen molar-refractivity contribution in [2.45, 2.75) is 52.5 Å². The topological polar surface area (TPSA) is 68.1 Å². The third-order valence-corrected chi connectivity index (χ3v) is 6.83. The standard InChI is InChI=1S/C28H31FN4O2.H2/c1-28(2,3)13-10-26(34)32-14-11-21(12-15-32)33-25-9-7-19(17-24(25)30-31-33)22-8-6-20(16-23(22)29)27(35)18-4-5-18;/h6-10,13,16-18,21H,4-5,11-12,14-15H2,1-3H3;1H/b13-10-;. The predicted octanol–water partition coefficient (Wildman–Crippen LogP) is 5.84. The summed E-state index contributed by atoms with van der Waals surface area (Å²) >= 11 is 0. The molecule has 0 radical (unpaired) electrons. The molecule has 0 atom stereocenters. The first-order valence-corrected chi connectivity index (χ1v) is 12.4. The fourth-order valence-corrected chi connectivity index (χ4v) is 4.62. The number of fused-ring (bicyclic) bond motifs is 1. The van der Waals surface area contributed by atoms with Crippen LogP contribution >= 0.6 is 0 Å². The number of ketones is 1. The van der Waals surface area contributed by atoms with Crippen molar-refractivity contribution >= 4 is 22.7 Å². The molecule has 7 heteroatoms. The van der Waals surface area contributed by atoms with Crippen molar-refractivity contribution in [3.63, 3.8) is 0 Å². The summed E-state index contributed by atoms with van der Waals surface area (Å²) in [5.41, 5.74) is 3.17. The van der Waals surface area contributed by atoms with E-state index >= 15 is 0 Å². The van der Waals surface area contributed by atoms with Gasteiger partial charge in [-0.05, 0) is 60.9 Å². The summed E-state index contributed by atoms with van der Waals surface area (Å²) in [6.45, 7) is 7.57. The summed E-state index contributed by atoms with van der Waals surface area (Å²) < 4.78 is 16.8. The molecule has 6 nitrogen and oxygen atoms in total. The highest BCUT2D eigenvalue weighted by atomic mass is 19.1. The van der Waals surface area contributed by atoms with Crippen LogP contribution in [0.1, 0.15) is 64.3 Å². The number of amides is 1. The number of Topliss-reactive ketones (excluding diaryl/α,β-unsaturated/α-hetero) is 1. The smallest absolute Gasteiger partial charge is 0.246 e. The van der Waals surface area contributed by atoms with Gasteiger partial charge in [0, 0.05) is 31.6 Å². The molecule has 0 unspecified atom stereocenters. The molecule has 0 spiro atoms. The molecule has 2 aromatic carbocycles. The quantitative estimate of drug-likeness (QED) is 0.343. The van der Waals surface area contributed by atoms with Crippen molar-refractivity contribution < 1.29 is 15.4 Å². The maximum atomic E-state index is 14.9. The van der Waals surface area contributed by atoms with Crippen LogP contribution < -0.4 is 0 Å². The van der Waals surface area contributed by atoms with Gasteiger partial charge < -0.3 is 4.90 Å². The third-order valence-electron chi connectivity index (χ3n) is 6.83. The Bertz CT molecular complexity index is 1310. The summed E-state index contributed by atoms with van der Waals surface area (Å²) in [5, 5.41) is 8.73. The molecule has 1 aliphatic carbocycles. The number of carbonyl (C=O) groups excluding carboxylic acids is 2. The number of halogens is 1. The number of hydrogen-bond acceptors (Lipinski definition) is 4. The number of aromatic nitrogens is 3. The van der Waals surface area contributed by atoms with E-state index in [4.69, 9.17) is 0 Å². The van der Waals surface area contributed by atoms with E-state index in [0.29, 0.717) is 35.3 Å². The van der Waals surface area contributed by atoms with Crippen molar-refractivity contribution in [1.82, 2.24) is 19.9 Å². The number of nitrogens with zero attached hydrogens (tertiary/aromatic N) is 4. The molecule has 1 saturated carbocycles. The number of carbonyl (C=O) groups is 2. The van der Waals surface area contributed by atoms with Crippen LogP contribution in [0.25, 0.3) is 22.2 Å². The van der Waals surface area contributed by atoms with Crippen LogP contribution in [0, 0.1) is 17.2 Å². The molecule has 35 heavy (non-hydrogen) atoms. The van der Waals surface area contributed by atoms with Gasteiger partial charge in [-0.25, -0.2) is 9.07 Å². The Kier molecular flexibility index (Phi) is 6.03. The van der Waals surface area contributed by atoms with E-state index in [1.165, 1.54) is 6.07 Å². The van der Waals surface area contributed by atoms with Gasteiger partial charge in [0.25, 0.3) is 0 Å². The highest BCUT2D eigenvalue weighted by Gasteiger charge is 2.31.